The first kappa shape index (κ1) is 11.3. The van der Waals surface area contributed by atoms with Gasteiger partial charge in [-0.1, -0.05) is 11.6 Å². The van der Waals surface area contributed by atoms with Crippen LogP contribution in [0.15, 0.2) is 17.1 Å². The molecule has 3 nitrogen and oxygen atoms in total. The maximum absolute atomic E-state index is 13.5. The van der Waals surface area contributed by atoms with Crippen LogP contribution in [-0.4, -0.2) is 11.9 Å². The van der Waals surface area contributed by atoms with Crippen LogP contribution in [0, 0.1) is 11.6 Å². The lowest BCUT2D eigenvalue weighted by atomic mass is 10.2. The van der Waals surface area contributed by atoms with Crippen LogP contribution in [-0.2, 0) is 0 Å². The molecule has 0 heterocycles. The third-order valence-corrected chi connectivity index (χ3v) is 2.55. The minimum atomic E-state index is -0.697. The SMILES string of the molecule is NNC(=NC1CC1)c1cc(F)c(Cl)cc1F. The number of hydrogen-bond donors (Lipinski definition) is 2. The molecular weight excluding hydrogens is 236 g/mol. The maximum Gasteiger partial charge on any atom is 0.145 e. The van der Waals surface area contributed by atoms with Gasteiger partial charge in [-0.15, -0.1) is 0 Å². The minimum Gasteiger partial charge on any atom is -0.308 e. The Morgan fingerprint density at radius 3 is 2.62 bits per heavy atom. The Bertz CT molecular complexity index is 444. The highest BCUT2D eigenvalue weighted by Gasteiger charge is 2.22. The van der Waals surface area contributed by atoms with Crippen molar-refractivity contribution in [1.29, 1.82) is 0 Å². The van der Waals surface area contributed by atoms with E-state index in [-0.39, 0.29) is 22.5 Å². The molecule has 0 atom stereocenters. The molecule has 1 aliphatic rings. The molecule has 16 heavy (non-hydrogen) atoms. The summed E-state index contributed by atoms with van der Waals surface area (Å²) in [6.45, 7) is 0. The van der Waals surface area contributed by atoms with E-state index in [1.807, 2.05) is 0 Å². The number of halogens is 3. The van der Waals surface area contributed by atoms with Crippen LogP contribution in [0.4, 0.5) is 8.78 Å². The zero-order valence-corrected chi connectivity index (χ0v) is 9.06. The number of benzene rings is 1. The number of nitrogens with one attached hydrogen (secondary N) is 1. The Morgan fingerprint density at radius 2 is 2.06 bits per heavy atom. The second-order valence-electron chi connectivity index (χ2n) is 3.60. The third-order valence-electron chi connectivity index (χ3n) is 2.26. The van der Waals surface area contributed by atoms with Gasteiger partial charge in [0.15, 0.2) is 0 Å². The molecule has 0 unspecified atom stereocenters. The lowest BCUT2D eigenvalue weighted by Crippen LogP contribution is -2.32. The third kappa shape index (κ3) is 2.31. The van der Waals surface area contributed by atoms with Gasteiger partial charge in [-0.2, -0.15) is 0 Å². The molecule has 0 aromatic heterocycles. The number of hydrazine groups is 1. The second kappa shape index (κ2) is 4.35. The van der Waals surface area contributed by atoms with Gasteiger partial charge in [0.05, 0.1) is 16.6 Å². The Hall–Kier alpha value is -1.20. The monoisotopic (exact) mass is 245 g/mol. The fourth-order valence-corrected chi connectivity index (χ4v) is 1.43. The van der Waals surface area contributed by atoms with Gasteiger partial charge < -0.3 is 5.43 Å². The largest absolute Gasteiger partial charge is 0.308 e. The van der Waals surface area contributed by atoms with Gasteiger partial charge in [0.25, 0.3) is 0 Å². The van der Waals surface area contributed by atoms with Gasteiger partial charge in [0.1, 0.15) is 17.5 Å². The summed E-state index contributed by atoms with van der Waals surface area (Å²) in [5.41, 5.74) is 2.27. The standard InChI is InChI=1S/C10H10ClF2N3/c11-7-4-8(12)6(3-9(7)13)10(16-14)15-5-1-2-5/h3-5H,1-2,14H2,(H,15,16). The van der Waals surface area contributed by atoms with Crippen molar-refractivity contribution in [3.05, 3.63) is 34.4 Å². The highest BCUT2D eigenvalue weighted by Crippen LogP contribution is 2.25. The molecule has 1 aromatic carbocycles. The number of aliphatic imine (C=N–C) groups is 1. The van der Waals surface area contributed by atoms with E-state index < -0.39 is 11.6 Å². The normalized spacial score (nSPS) is 16.4. The van der Waals surface area contributed by atoms with Crippen molar-refractivity contribution in [1.82, 2.24) is 5.43 Å². The second-order valence-corrected chi connectivity index (χ2v) is 4.01. The van der Waals surface area contributed by atoms with Crippen molar-refractivity contribution in [3.63, 3.8) is 0 Å². The van der Waals surface area contributed by atoms with Crippen molar-refractivity contribution in [3.8, 4) is 0 Å². The predicted octanol–water partition coefficient (Wildman–Crippen LogP) is 1.99. The van der Waals surface area contributed by atoms with Crippen molar-refractivity contribution in [2.24, 2.45) is 10.8 Å². The molecule has 0 bridgehead atoms. The summed E-state index contributed by atoms with van der Waals surface area (Å²) in [5, 5.41) is -0.260. The zero-order chi connectivity index (χ0) is 11.7. The van der Waals surface area contributed by atoms with E-state index in [4.69, 9.17) is 17.4 Å². The molecule has 86 valence electrons. The smallest absolute Gasteiger partial charge is 0.145 e. The summed E-state index contributed by atoms with van der Waals surface area (Å²) < 4.78 is 26.7. The summed E-state index contributed by atoms with van der Waals surface area (Å²) in [5.74, 6) is 4.04. The average molecular weight is 246 g/mol. The van der Waals surface area contributed by atoms with Gasteiger partial charge in [0, 0.05) is 0 Å². The van der Waals surface area contributed by atoms with Crippen molar-refractivity contribution in [2.45, 2.75) is 18.9 Å². The number of rotatable bonds is 2. The highest BCUT2D eigenvalue weighted by atomic mass is 35.5. The van der Waals surface area contributed by atoms with Gasteiger partial charge in [-0.25, -0.2) is 14.6 Å². The Labute approximate surface area is 96.3 Å². The predicted molar refractivity (Wildman–Crippen MR) is 58.3 cm³/mol. The summed E-state index contributed by atoms with van der Waals surface area (Å²) in [4.78, 5) is 4.14. The van der Waals surface area contributed by atoms with Crippen LogP contribution in [0.1, 0.15) is 18.4 Å². The molecule has 0 aliphatic heterocycles. The number of amidine groups is 1. The van der Waals surface area contributed by atoms with Crippen molar-refractivity contribution < 1.29 is 8.78 Å². The first-order chi connectivity index (χ1) is 7.61. The Morgan fingerprint density at radius 1 is 1.38 bits per heavy atom. The molecule has 1 aliphatic carbocycles. The lowest BCUT2D eigenvalue weighted by Gasteiger charge is -2.07. The molecule has 1 fully saturated rings. The van der Waals surface area contributed by atoms with Gasteiger partial charge in [-0.3, -0.25) is 4.99 Å². The molecular formula is C10H10ClF2N3. The summed E-state index contributed by atoms with van der Waals surface area (Å²) in [7, 11) is 0. The van der Waals surface area contributed by atoms with Crippen LogP contribution >= 0.6 is 11.6 Å². The summed E-state index contributed by atoms with van der Waals surface area (Å²) >= 11 is 5.45. The zero-order valence-electron chi connectivity index (χ0n) is 8.30. The average Bonchev–Trinajstić information content (AvgIpc) is 3.04. The van der Waals surface area contributed by atoms with E-state index in [1.165, 1.54) is 0 Å². The van der Waals surface area contributed by atoms with E-state index in [0.29, 0.717) is 0 Å². The first-order valence-corrected chi connectivity index (χ1v) is 5.19. The van der Waals surface area contributed by atoms with Crippen LogP contribution in [0.3, 0.4) is 0 Å². The van der Waals surface area contributed by atoms with E-state index in [9.17, 15) is 8.78 Å². The quantitative estimate of drug-likeness (QED) is 0.275. The summed E-state index contributed by atoms with van der Waals surface area (Å²) in [6.07, 6.45) is 1.89. The Kier molecular flexibility index (Phi) is 3.07. The number of nitrogens with two attached hydrogens (primary N) is 1. The molecule has 1 aromatic rings. The highest BCUT2D eigenvalue weighted by molar-refractivity contribution is 6.30. The lowest BCUT2D eigenvalue weighted by molar-refractivity contribution is 0.597. The first-order valence-electron chi connectivity index (χ1n) is 4.81. The molecule has 0 radical (unpaired) electrons. The van der Waals surface area contributed by atoms with E-state index in [2.05, 4.69) is 10.4 Å². The molecule has 2 rings (SSSR count). The number of hydrogen-bond acceptors (Lipinski definition) is 2. The molecule has 0 saturated heterocycles. The van der Waals surface area contributed by atoms with Gasteiger partial charge in [-0.05, 0) is 25.0 Å². The number of nitrogens with zero attached hydrogens (tertiary/aromatic N) is 1. The van der Waals surface area contributed by atoms with Crippen molar-refractivity contribution in [2.75, 3.05) is 0 Å². The van der Waals surface area contributed by atoms with Crippen LogP contribution in [0.25, 0.3) is 0 Å². The molecule has 3 N–H and O–H groups in total. The molecule has 0 amide bonds. The topological polar surface area (TPSA) is 50.4 Å². The van der Waals surface area contributed by atoms with E-state index in [1.54, 1.807) is 0 Å². The molecule has 0 spiro atoms. The van der Waals surface area contributed by atoms with Crippen LogP contribution < -0.4 is 11.3 Å². The van der Waals surface area contributed by atoms with Gasteiger partial charge in [0.2, 0.25) is 0 Å². The minimum absolute atomic E-state index is 0.00343. The maximum atomic E-state index is 13.5. The fourth-order valence-electron chi connectivity index (χ4n) is 1.27. The van der Waals surface area contributed by atoms with Gasteiger partial charge >= 0.3 is 0 Å². The Balaban J connectivity index is 2.40. The summed E-state index contributed by atoms with van der Waals surface area (Å²) in [6, 6.07) is 2.05. The van der Waals surface area contributed by atoms with Crippen LogP contribution in [0.5, 0.6) is 0 Å². The van der Waals surface area contributed by atoms with Crippen molar-refractivity contribution >= 4 is 17.4 Å². The van der Waals surface area contributed by atoms with Crippen LogP contribution in [0.2, 0.25) is 5.02 Å². The molecule has 1 saturated carbocycles. The van der Waals surface area contributed by atoms with E-state index >= 15 is 0 Å². The molecule has 6 heteroatoms. The van der Waals surface area contributed by atoms with E-state index in [0.717, 1.165) is 25.0 Å². The fraction of sp³-hybridized carbons (Fsp3) is 0.300.